The maximum absolute atomic E-state index is 9.38. The number of nitrogens with zero attached hydrogens (tertiary/aromatic N) is 2. The average Bonchev–Trinajstić information content (AvgIpc) is 2.94. The fourth-order valence-corrected chi connectivity index (χ4v) is 3.42. The predicted molar refractivity (Wildman–Crippen MR) is 96.5 cm³/mol. The lowest BCUT2D eigenvalue weighted by molar-refractivity contribution is 0.275. The van der Waals surface area contributed by atoms with Gasteiger partial charge < -0.3 is 9.67 Å². The Morgan fingerprint density at radius 3 is 2.17 bits per heavy atom. The zero-order valence-corrected chi connectivity index (χ0v) is 14.4. The number of aliphatic hydroxyl groups excluding tert-OH is 1. The molecular weight excluding hydrogens is 351 g/mol. The van der Waals surface area contributed by atoms with Gasteiger partial charge in [0.15, 0.2) is 4.80 Å². The Morgan fingerprint density at radius 1 is 0.957 bits per heavy atom. The van der Waals surface area contributed by atoms with Crippen molar-refractivity contribution in [1.82, 2.24) is 4.57 Å². The van der Waals surface area contributed by atoms with Crippen LogP contribution in [-0.2, 0) is 6.54 Å². The zero-order valence-electron chi connectivity index (χ0n) is 12.1. The third-order valence-corrected chi connectivity index (χ3v) is 4.68. The van der Waals surface area contributed by atoms with Crippen LogP contribution >= 0.6 is 34.5 Å². The quantitative estimate of drug-likeness (QED) is 0.712. The first kappa shape index (κ1) is 16.3. The molecule has 0 aliphatic rings. The second-order valence-electron chi connectivity index (χ2n) is 4.87. The van der Waals surface area contributed by atoms with Crippen molar-refractivity contribution in [2.24, 2.45) is 4.99 Å². The van der Waals surface area contributed by atoms with Gasteiger partial charge in [-0.15, -0.1) is 11.3 Å². The van der Waals surface area contributed by atoms with Gasteiger partial charge in [0, 0.05) is 22.0 Å². The van der Waals surface area contributed by atoms with E-state index in [9.17, 15) is 5.11 Å². The van der Waals surface area contributed by atoms with Gasteiger partial charge in [0.25, 0.3) is 0 Å². The summed E-state index contributed by atoms with van der Waals surface area (Å²) < 4.78 is 2.00. The lowest BCUT2D eigenvalue weighted by Gasteiger charge is -2.07. The molecule has 0 aliphatic heterocycles. The van der Waals surface area contributed by atoms with Crippen molar-refractivity contribution >= 4 is 40.2 Å². The largest absolute Gasteiger partial charge is 0.395 e. The Balaban J connectivity index is 2.08. The molecule has 0 radical (unpaired) electrons. The van der Waals surface area contributed by atoms with E-state index in [1.807, 2.05) is 58.5 Å². The first-order chi connectivity index (χ1) is 11.2. The molecule has 0 unspecified atom stereocenters. The smallest absolute Gasteiger partial charge is 0.190 e. The molecule has 3 rings (SSSR count). The summed E-state index contributed by atoms with van der Waals surface area (Å²) in [5.41, 5.74) is 2.87. The molecule has 3 aromatic rings. The van der Waals surface area contributed by atoms with E-state index in [2.05, 4.69) is 4.99 Å². The lowest BCUT2D eigenvalue weighted by atomic mass is 10.2. The molecule has 1 heterocycles. The highest BCUT2D eigenvalue weighted by Crippen LogP contribution is 2.23. The maximum Gasteiger partial charge on any atom is 0.190 e. The van der Waals surface area contributed by atoms with Crippen LogP contribution in [0.3, 0.4) is 0 Å². The minimum Gasteiger partial charge on any atom is -0.395 e. The van der Waals surface area contributed by atoms with Crippen molar-refractivity contribution in [2.75, 3.05) is 6.61 Å². The van der Waals surface area contributed by atoms with Crippen LogP contribution in [0.1, 0.15) is 0 Å². The highest BCUT2D eigenvalue weighted by atomic mass is 35.5. The Bertz CT molecular complexity index is 852. The molecule has 6 heteroatoms. The van der Waals surface area contributed by atoms with Gasteiger partial charge in [-0.3, -0.25) is 0 Å². The molecule has 3 nitrogen and oxygen atoms in total. The standard InChI is InChI=1S/C17H14Cl2N2OS/c18-13-3-1-12(2-4-13)16-11-23-17(21(16)9-10-22)20-15-7-5-14(19)6-8-15/h1-8,11,22H,9-10H2. The van der Waals surface area contributed by atoms with E-state index < -0.39 is 0 Å². The van der Waals surface area contributed by atoms with E-state index in [4.69, 9.17) is 23.2 Å². The first-order valence-corrected chi connectivity index (χ1v) is 8.66. The number of hydrogen-bond acceptors (Lipinski definition) is 3. The molecule has 0 spiro atoms. The van der Waals surface area contributed by atoms with E-state index in [0.29, 0.717) is 16.6 Å². The van der Waals surface area contributed by atoms with Crippen LogP contribution in [0.2, 0.25) is 10.0 Å². The van der Waals surface area contributed by atoms with Gasteiger partial charge in [-0.05, 0) is 42.0 Å². The van der Waals surface area contributed by atoms with Crippen molar-refractivity contribution < 1.29 is 5.11 Å². The minimum atomic E-state index is 0.0468. The van der Waals surface area contributed by atoms with Crippen molar-refractivity contribution in [3.05, 3.63) is 68.8 Å². The van der Waals surface area contributed by atoms with Gasteiger partial charge in [0.1, 0.15) is 0 Å². The van der Waals surface area contributed by atoms with Crippen molar-refractivity contribution in [1.29, 1.82) is 0 Å². The fraction of sp³-hybridized carbons (Fsp3) is 0.118. The molecule has 0 saturated carbocycles. The molecule has 0 atom stereocenters. The summed E-state index contributed by atoms with van der Waals surface area (Å²) >= 11 is 13.4. The van der Waals surface area contributed by atoms with E-state index in [1.54, 1.807) is 0 Å². The third kappa shape index (κ3) is 3.85. The number of hydrogen-bond donors (Lipinski definition) is 1. The van der Waals surface area contributed by atoms with Gasteiger partial charge in [0.05, 0.1) is 18.0 Å². The van der Waals surface area contributed by atoms with Gasteiger partial charge in [-0.25, -0.2) is 4.99 Å². The number of rotatable bonds is 4. The first-order valence-electron chi connectivity index (χ1n) is 7.03. The van der Waals surface area contributed by atoms with Crippen LogP contribution in [0.25, 0.3) is 11.3 Å². The van der Waals surface area contributed by atoms with Crippen LogP contribution in [0.4, 0.5) is 5.69 Å². The van der Waals surface area contributed by atoms with E-state index in [-0.39, 0.29) is 6.61 Å². The molecule has 0 fully saturated rings. The number of aliphatic hydroxyl groups is 1. The molecule has 1 N–H and O–H groups in total. The summed E-state index contributed by atoms with van der Waals surface area (Å²) in [6.45, 7) is 0.527. The number of thiazole rings is 1. The number of halogens is 2. The lowest BCUT2D eigenvalue weighted by Crippen LogP contribution is -2.17. The van der Waals surface area contributed by atoms with Crippen LogP contribution in [0, 0.1) is 0 Å². The van der Waals surface area contributed by atoms with E-state index >= 15 is 0 Å². The Hall–Kier alpha value is -1.59. The van der Waals surface area contributed by atoms with Crippen LogP contribution in [0.15, 0.2) is 58.9 Å². The van der Waals surface area contributed by atoms with E-state index in [1.165, 1.54) is 11.3 Å². The highest BCUT2D eigenvalue weighted by molar-refractivity contribution is 7.07. The number of aromatic nitrogens is 1. The van der Waals surface area contributed by atoms with Gasteiger partial charge in [-0.1, -0.05) is 35.3 Å². The minimum absolute atomic E-state index is 0.0468. The van der Waals surface area contributed by atoms with Crippen LogP contribution in [-0.4, -0.2) is 16.3 Å². The fourth-order valence-electron chi connectivity index (χ4n) is 2.21. The monoisotopic (exact) mass is 364 g/mol. The molecule has 0 amide bonds. The van der Waals surface area contributed by atoms with Gasteiger partial charge in [-0.2, -0.15) is 0 Å². The Labute approximate surface area is 148 Å². The van der Waals surface area contributed by atoms with Gasteiger partial charge in [0.2, 0.25) is 0 Å². The maximum atomic E-state index is 9.38. The predicted octanol–water partition coefficient (Wildman–Crippen LogP) is 4.75. The summed E-state index contributed by atoms with van der Waals surface area (Å²) in [5, 5.41) is 12.8. The molecule has 2 aromatic carbocycles. The average molecular weight is 365 g/mol. The zero-order chi connectivity index (χ0) is 16.2. The SMILES string of the molecule is OCCn1c(-c2ccc(Cl)cc2)csc1=Nc1ccc(Cl)cc1. The normalized spacial score (nSPS) is 11.9. The number of benzene rings is 2. The van der Waals surface area contributed by atoms with Crippen molar-refractivity contribution in [3.8, 4) is 11.3 Å². The second kappa shape index (κ2) is 7.32. The summed E-state index contributed by atoms with van der Waals surface area (Å²) in [7, 11) is 0. The molecule has 118 valence electrons. The topological polar surface area (TPSA) is 37.5 Å². The highest BCUT2D eigenvalue weighted by Gasteiger charge is 2.08. The van der Waals surface area contributed by atoms with E-state index in [0.717, 1.165) is 21.7 Å². The molecule has 23 heavy (non-hydrogen) atoms. The van der Waals surface area contributed by atoms with Gasteiger partial charge >= 0.3 is 0 Å². The summed E-state index contributed by atoms with van der Waals surface area (Å²) in [4.78, 5) is 5.48. The van der Waals surface area contributed by atoms with Crippen molar-refractivity contribution in [3.63, 3.8) is 0 Å². The van der Waals surface area contributed by atoms with Crippen molar-refractivity contribution in [2.45, 2.75) is 6.54 Å². The molecule has 1 aromatic heterocycles. The molecule has 0 bridgehead atoms. The summed E-state index contributed by atoms with van der Waals surface area (Å²) in [5.74, 6) is 0. The second-order valence-corrected chi connectivity index (χ2v) is 6.58. The van der Waals surface area contributed by atoms with Crippen LogP contribution < -0.4 is 4.80 Å². The Kier molecular flexibility index (Phi) is 5.18. The Morgan fingerprint density at radius 2 is 1.57 bits per heavy atom. The summed E-state index contributed by atoms with van der Waals surface area (Å²) in [6.07, 6.45) is 0. The summed E-state index contributed by atoms with van der Waals surface area (Å²) in [6, 6.07) is 15.0. The molecular formula is C17H14Cl2N2OS. The third-order valence-electron chi connectivity index (χ3n) is 3.31. The van der Waals surface area contributed by atoms with Crippen LogP contribution in [0.5, 0.6) is 0 Å². The molecule has 0 saturated heterocycles. The molecule has 0 aliphatic carbocycles.